The zero-order valence-electron chi connectivity index (χ0n) is 15.3. The van der Waals surface area contributed by atoms with Crippen molar-refractivity contribution in [3.8, 4) is 17.2 Å². The van der Waals surface area contributed by atoms with Crippen LogP contribution in [0.4, 0.5) is 17.6 Å². The Bertz CT molecular complexity index is 1070. The maximum Gasteiger partial charge on any atom is 0.461 e. The number of nitrogens with one attached hydrogen (secondary N) is 1. The lowest BCUT2D eigenvalue weighted by molar-refractivity contribution is -0.253. The second-order valence-electron chi connectivity index (χ2n) is 5.74. The zero-order valence-corrected chi connectivity index (χ0v) is 16.2. The third-order valence-electron chi connectivity index (χ3n) is 3.90. The van der Waals surface area contributed by atoms with Crippen LogP contribution in [-0.2, 0) is 10.8 Å². The first kappa shape index (κ1) is 20.8. The Morgan fingerprint density at radius 3 is 2.55 bits per heavy atom. The van der Waals surface area contributed by atoms with E-state index in [2.05, 4.69) is 19.7 Å². The molecule has 0 saturated heterocycles. The van der Waals surface area contributed by atoms with Crippen molar-refractivity contribution in [1.29, 1.82) is 0 Å². The number of H-pyrrole nitrogens is 1. The minimum atomic E-state index is -4.64. The highest BCUT2D eigenvalue weighted by atomic mass is 32.2. The lowest BCUT2D eigenvalue weighted by Gasteiger charge is -2.16. The fraction of sp³-hybridized carbons (Fsp3) is 0.294. The van der Waals surface area contributed by atoms with E-state index in [1.54, 1.807) is 6.92 Å². The summed E-state index contributed by atoms with van der Waals surface area (Å²) in [5.41, 5.74) is 0.916. The molecular weight excluding hydrogens is 418 g/mol. The first-order chi connectivity index (χ1) is 13.7. The summed E-state index contributed by atoms with van der Waals surface area (Å²) >= 11 is 0. The zero-order chi connectivity index (χ0) is 21.3. The van der Waals surface area contributed by atoms with Gasteiger partial charge in [-0.05, 0) is 19.1 Å². The van der Waals surface area contributed by atoms with E-state index in [9.17, 15) is 21.8 Å². The van der Waals surface area contributed by atoms with E-state index in [0.29, 0.717) is 17.1 Å². The van der Waals surface area contributed by atoms with Crippen molar-refractivity contribution < 1.29 is 36.0 Å². The Hall–Kier alpha value is -2.89. The highest BCUT2D eigenvalue weighted by molar-refractivity contribution is 7.84. The molecule has 0 radical (unpaired) electrons. The molecule has 3 aromatic rings. The van der Waals surface area contributed by atoms with E-state index in [1.807, 2.05) is 0 Å². The Kier molecular flexibility index (Phi) is 5.64. The van der Waals surface area contributed by atoms with E-state index >= 15 is 0 Å². The number of aromatic amines is 1. The van der Waals surface area contributed by atoms with Crippen LogP contribution in [0.2, 0.25) is 0 Å². The van der Waals surface area contributed by atoms with Crippen LogP contribution in [0, 0.1) is 6.92 Å². The molecule has 0 amide bonds. The second-order valence-corrected chi connectivity index (χ2v) is 7.06. The number of benzene rings is 1. The van der Waals surface area contributed by atoms with Crippen LogP contribution in [0.15, 0.2) is 34.6 Å². The highest BCUT2D eigenvalue weighted by Gasteiger charge is 2.44. The molecule has 2 aromatic heterocycles. The van der Waals surface area contributed by atoms with E-state index < -0.39 is 29.1 Å². The largest absolute Gasteiger partial charge is 0.492 e. The molecule has 29 heavy (non-hydrogen) atoms. The topological polar surface area (TPSA) is 86.3 Å². The summed E-state index contributed by atoms with van der Waals surface area (Å²) in [5, 5.41) is 0.142. The average molecular weight is 433 g/mol. The van der Waals surface area contributed by atoms with Gasteiger partial charge in [0.1, 0.15) is 21.6 Å². The molecule has 156 valence electrons. The van der Waals surface area contributed by atoms with Gasteiger partial charge in [0.05, 0.1) is 31.4 Å². The Morgan fingerprint density at radius 1 is 1.21 bits per heavy atom. The fourth-order valence-electron chi connectivity index (χ4n) is 2.55. The van der Waals surface area contributed by atoms with Crippen molar-refractivity contribution >= 4 is 21.8 Å². The molecular formula is C17H15F4N3O4S. The van der Waals surface area contributed by atoms with Crippen molar-refractivity contribution in [3.05, 3.63) is 30.0 Å². The molecule has 1 N–H and O–H groups in total. The molecule has 2 heterocycles. The van der Waals surface area contributed by atoms with Gasteiger partial charge in [-0.2, -0.15) is 17.6 Å². The SMILES string of the molecule is COc1cnc(S(=O)c2nc3ccc(OC(F)(F)C(F)F)cc3[nH]2)c(C)c1OC. The molecule has 0 bridgehead atoms. The number of halogens is 4. The Labute approximate surface area is 164 Å². The van der Waals surface area contributed by atoms with Gasteiger partial charge in [-0.3, -0.25) is 0 Å². The second kappa shape index (κ2) is 7.85. The molecule has 0 fully saturated rings. The van der Waals surface area contributed by atoms with Crippen molar-refractivity contribution in [3.63, 3.8) is 0 Å². The van der Waals surface area contributed by atoms with Gasteiger partial charge < -0.3 is 19.2 Å². The molecule has 1 atom stereocenters. The van der Waals surface area contributed by atoms with Crippen LogP contribution in [0.5, 0.6) is 17.2 Å². The number of nitrogens with zero attached hydrogens (tertiary/aromatic N) is 2. The van der Waals surface area contributed by atoms with Crippen molar-refractivity contribution in [2.75, 3.05) is 14.2 Å². The smallest absolute Gasteiger partial charge is 0.461 e. The van der Waals surface area contributed by atoms with E-state index in [4.69, 9.17) is 9.47 Å². The lowest BCUT2D eigenvalue weighted by atomic mass is 10.3. The number of alkyl halides is 4. The highest BCUT2D eigenvalue weighted by Crippen LogP contribution is 2.34. The summed E-state index contributed by atoms with van der Waals surface area (Å²) in [6, 6.07) is 3.40. The molecule has 1 unspecified atom stereocenters. The minimum Gasteiger partial charge on any atom is -0.492 e. The van der Waals surface area contributed by atoms with Crippen LogP contribution >= 0.6 is 0 Å². The van der Waals surface area contributed by atoms with Crippen LogP contribution in [-0.4, -0.2) is 45.9 Å². The van der Waals surface area contributed by atoms with Crippen LogP contribution in [0.1, 0.15) is 5.56 Å². The minimum absolute atomic E-state index is 0.0133. The third-order valence-corrected chi connectivity index (χ3v) is 5.21. The van der Waals surface area contributed by atoms with Crippen molar-refractivity contribution in [1.82, 2.24) is 15.0 Å². The summed E-state index contributed by atoms with van der Waals surface area (Å²) in [5.74, 6) is 0.216. The van der Waals surface area contributed by atoms with Gasteiger partial charge in [0.2, 0.25) is 5.16 Å². The molecule has 0 aliphatic heterocycles. The quantitative estimate of drug-likeness (QED) is 0.572. The predicted octanol–water partition coefficient (Wildman–Crippen LogP) is 3.69. The molecule has 12 heteroatoms. The number of fused-ring (bicyclic) bond motifs is 1. The number of imidazole rings is 1. The molecule has 0 aliphatic carbocycles. The van der Waals surface area contributed by atoms with Gasteiger partial charge in [-0.25, -0.2) is 14.2 Å². The number of hydrogen-bond acceptors (Lipinski definition) is 6. The standard InChI is InChI=1S/C17H15F4N3O4S/c1-8-13(27-3)12(26-2)7-22-14(8)29(25)16-23-10-5-4-9(6-11(10)24-16)28-17(20,21)15(18)19/h4-7,15H,1-3H3,(H,23,24). The van der Waals surface area contributed by atoms with E-state index in [0.717, 1.165) is 12.1 Å². The molecule has 1 aromatic carbocycles. The summed E-state index contributed by atoms with van der Waals surface area (Å²) in [6.07, 6.45) is -7.28. The number of rotatable bonds is 7. The van der Waals surface area contributed by atoms with Gasteiger partial charge in [0, 0.05) is 11.6 Å². The van der Waals surface area contributed by atoms with Gasteiger partial charge >= 0.3 is 12.5 Å². The fourth-order valence-corrected chi connectivity index (χ4v) is 3.64. The first-order valence-electron chi connectivity index (χ1n) is 8.02. The summed E-state index contributed by atoms with van der Waals surface area (Å²) in [7, 11) is 0.994. The first-order valence-corrected chi connectivity index (χ1v) is 9.17. The lowest BCUT2D eigenvalue weighted by Crippen LogP contribution is -2.33. The number of hydrogen-bond donors (Lipinski definition) is 1. The number of methoxy groups -OCH3 is 2. The van der Waals surface area contributed by atoms with Crippen LogP contribution < -0.4 is 14.2 Å². The van der Waals surface area contributed by atoms with Gasteiger partial charge in [-0.15, -0.1) is 0 Å². The number of pyridine rings is 1. The molecule has 3 rings (SSSR count). The van der Waals surface area contributed by atoms with Crippen LogP contribution in [0.3, 0.4) is 0 Å². The van der Waals surface area contributed by atoms with Gasteiger partial charge in [-0.1, -0.05) is 0 Å². The van der Waals surface area contributed by atoms with Gasteiger partial charge in [0.15, 0.2) is 11.5 Å². The maximum atomic E-state index is 13.1. The van der Waals surface area contributed by atoms with Crippen LogP contribution in [0.25, 0.3) is 11.0 Å². The van der Waals surface area contributed by atoms with E-state index in [-0.39, 0.29) is 21.2 Å². The molecule has 0 spiro atoms. The molecule has 0 saturated carbocycles. The normalized spacial score (nSPS) is 13.0. The summed E-state index contributed by atoms with van der Waals surface area (Å²) in [6.45, 7) is 1.64. The van der Waals surface area contributed by atoms with Gasteiger partial charge in [0.25, 0.3) is 0 Å². The Morgan fingerprint density at radius 2 is 1.93 bits per heavy atom. The predicted molar refractivity (Wildman–Crippen MR) is 94.4 cm³/mol. The number of ether oxygens (including phenoxy) is 3. The third kappa shape index (κ3) is 3.97. The molecule has 7 nitrogen and oxygen atoms in total. The summed E-state index contributed by atoms with van der Waals surface area (Å²) in [4.78, 5) is 11.0. The molecule has 0 aliphatic rings. The average Bonchev–Trinajstić information content (AvgIpc) is 3.10. The maximum absolute atomic E-state index is 13.1. The monoisotopic (exact) mass is 433 g/mol. The number of aromatic nitrogens is 3. The van der Waals surface area contributed by atoms with Crippen molar-refractivity contribution in [2.45, 2.75) is 29.6 Å². The van der Waals surface area contributed by atoms with Crippen molar-refractivity contribution in [2.24, 2.45) is 0 Å². The van der Waals surface area contributed by atoms with E-state index in [1.165, 1.54) is 26.5 Å². The Balaban J connectivity index is 1.96. The summed E-state index contributed by atoms with van der Waals surface area (Å²) < 4.78 is 78.1.